The minimum Gasteiger partial charge on any atom is -0.495 e. The molecule has 2 amide bonds. The summed E-state index contributed by atoms with van der Waals surface area (Å²) >= 11 is 0. The topological polar surface area (TPSA) is 136 Å². The van der Waals surface area contributed by atoms with Crippen LogP contribution in [0, 0.1) is 0 Å². The molecule has 0 bridgehead atoms. The average molecular weight is 456 g/mol. The van der Waals surface area contributed by atoms with Crippen LogP contribution in [0.3, 0.4) is 0 Å². The quantitative estimate of drug-likeness (QED) is 0.463. The van der Waals surface area contributed by atoms with Gasteiger partial charge in [0.25, 0.3) is 21.8 Å². The Bertz CT molecular complexity index is 1230. The number of amides is 2. The van der Waals surface area contributed by atoms with Crippen LogP contribution in [0.15, 0.2) is 71.8 Å². The Morgan fingerprint density at radius 1 is 0.844 bits per heavy atom. The van der Waals surface area contributed by atoms with Gasteiger partial charge in [0.05, 0.1) is 30.4 Å². The van der Waals surface area contributed by atoms with Gasteiger partial charge in [-0.15, -0.1) is 0 Å². The number of sulfonamides is 1. The van der Waals surface area contributed by atoms with E-state index in [2.05, 4.69) is 20.6 Å². The van der Waals surface area contributed by atoms with Gasteiger partial charge in [0, 0.05) is 17.8 Å². The van der Waals surface area contributed by atoms with Crippen molar-refractivity contribution in [2.24, 2.45) is 0 Å². The number of hydrogen-bond acceptors (Lipinski definition) is 7. The van der Waals surface area contributed by atoms with E-state index in [9.17, 15) is 18.0 Å². The third-order valence-corrected chi connectivity index (χ3v) is 5.62. The maximum Gasteiger partial charge on any atom is 0.271 e. The number of para-hydroxylation sites is 2. The molecule has 0 saturated carbocycles. The van der Waals surface area contributed by atoms with Gasteiger partial charge in [-0.05, 0) is 36.4 Å². The van der Waals surface area contributed by atoms with E-state index in [0.29, 0.717) is 11.6 Å². The Morgan fingerprint density at radius 2 is 1.56 bits per heavy atom. The highest BCUT2D eigenvalue weighted by Gasteiger charge is 2.18. The molecule has 10 nitrogen and oxygen atoms in total. The second-order valence-corrected chi connectivity index (χ2v) is 8.01. The van der Waals surface area contributed by atoms with Gasteiger partial charge >= 0.3 is 0 Å². The van der Waals surface area contributed by atoms with E-state index in [-0.39, 0.29) is 21.7 Å². The number of methoxy groups -OCH3 is 2. The molecule has 1 aromatic heterocycles. The molecule has 32 heavy (non-hydrogen) atoms. The molecule has 166 valence electrons. The number of aromatic nitrogens is 1. The molecule has 0 saturated heterocycles. The molecule has 3 N–H and O–H groups in total. The monoisotopic (exact) mass is 456 g/mol. The van der Waals surface area contributed by atoms with Crippen LogP contribution in [0.2, 0.25) is 0 Å². The zero-order valence-electron chi connectivity index (χ0n) is 17.2. The smallest absolute Gasteiger partial charge is 0.271 e. The van der Waals surface area contributed by atoms with Crippen LogP contribution in [-0.4, -0.2) is 39.4 Å². The van der Waals surface area contributed by atoms with Crippen molar-refractivity contribution in [3.63, 3.8) is 0 Å². The number of carbonyl (C=O) groups excluding carboxylic acids is 2. The molecule has 0 aliphatic carbocycles. The molecule has 0 aliphatic rings. The zero-order valence-corrected chi connectivity index (χ0v) is 18.0. The number of rotatable bonds is 7. The largest absolute Gasteiger partial charge is 0.495 e. The lowest BCUT2D eigenvalue weighted by molar-refractivity contribution is 0.0846. The fourth-order valence-corrected chi connectivity index (χ4v) is 3.75. The summed E-state index contributed by atoms with van der Waals surface area (Å²) in [6.07, 6.45) is 1.29. The summed E-state index contributed by atoms with van der Waals surface area (Å²) in [5.41, 5.74) is 4.97. The van der Waals surface area contributed by atoms with Crippen molar-refractivity contribution in [3.8, 4) is 11.6 Å². The molecule has 1 heterocycles. The number of hydrazine groups is 1. The SMILES string of the molecule is COc1ccc(C(=O)NNC(=O)c2cccc(S(=O)(=O)Nc3ccccc3OC)c2)cn1. The van der Waals surface area contributed by atoms with Gasteiger partial charge in [0.2, 0.25) is 5.88 Å². The third-order valence-electron chi connectivity index (χ3n) is 4.26. The average Bonchev–Trinajstić information content (AvgIpc) is 2.82. The first-order valence-corrected chi connectivity index (χ1v) is 10.7. The van der Waals surface area contributed by atoms with Crippen LogP contribution in [0.5, 0.6) is 11.6 Å². The number of anilines is 1. The third kappa shape index (κ3) is 5.32. The maximum atomic E-state index is 12.8. The van der Waals surface area contributed by atoms with Crippen molar-refractivity contribution >= 4 is 27.5 Å². The molecular formula is C21H20N4O6S. The van der Waals surface area contributed by atoms with Gasteiger partial charge in [-0.25, -0.2) is 13.4 Å². The highest BCUT2D eigenvalue weighted by Crippen LogP contribution is 2.26. The number of pyridine rings is 1. The zero-order chi connectivity index (χ0) is 23.1. The van der Waals surface area contributed by atoms with E-state index in [1.807, 2.05) is 0 Å². The Labute approximate surface area is 184 Å². The summed E-state index contributed by atoms with van der Waals surface area (Å²) in [6.45, 7) is 0. The summed E-state index contributed by atoms with van der Waals surface area (Å²) in [4.78, 5) is 28.3. The van der Waals surface area contributed by atoms with E-state index in [1.165, 1.54) is 56.8 Å². The van der Waals surface area contributed by atoms with Crippen molar-refractivity contribution in [2.75, 3.05) is 18.9 Å². The molecule has 11 heteroatoms. The Balaban J connectivity index is 1.70. The fourth-order valence-electron chi connectivity index (χ4n) is 2.63. The lowest BCUT2D eigenvalue weighted by atomic mass is 10.2. The van der Waals surface area contributed by atoms with Crippen LogP contribution in [-0.2, 0) is 10.0 Å². The summed E-state index contributed by atoms with van der Waals surface area (Å²) < 4.78 is 38.0. The molecule has 0 fully saturated rings. The predicted molar refractivity (Wildman–Crippen MR) is 116 cm³/mol. The fraction of sp³-hybridized carbons (Fsp3) is 0.0952. The molecule has 0 aliphatic heterocycles. The number of ether oxygens (including phenoxy) is 2. The lowest BCUT2D eigenvalue weighted by Crippen LogP contribution is -2.41. The van der Waals surface area contributed by atoms with E-state index >= 15 is 0 Å². The minimum absolute atomic E-state index is 0.0288. The van der Waals surface area contributed by atoms with Gasteiger partial charge in [-0.1, -0.05) is 18.2 Å². The summed E-state index contributed by atoms with van der Waals surface area (Å²) in [6, 6.07) is 14.9. The highest BCUT2D eigenvalue weighted by molar-refractivity contribution is 7.92. The number of hydrogen-bond donors (Lipinski definition) is 3. The molecule has 0 atom stereocenters. The van der Waals surface area contributed by atoms with Gasteiger partial charge in [0.1, 0.15) is 5.75 Å². The normalized spacial score (nSPS) is 10.7. The molecule has 0 unspecified atom stereocenters. The molecular weight excluding hydrogens is 436 g/mol. The van der Waals surface area contributed by atoms with Gasteiger partial charge in [-0.3, -0.25) is 25.2 Å². The van der Waals surface area contributed by atoms with Crippen LogP contribution in [0.1, 0.15) is 20.7 Å². The first-order chi connectivity index (χ1) is 15.3. The van der Waals surface area contributed by atoms with Crippen molar-refractivity contribution in [3.05, 3.63) is 78.0 Å². The standard InChI is InChI=1S/C21H20N4O6S/c1-30-18-9-4-3-8-17(18)25-32(28,29)16-7-5-6-14(12-16)20(26)23-24-21(27)15-10-11-19(31-2)22-13-15/h3-13,25H,1-2H3,(H,23,26)(H,24,27). The Kier molecular flexibility index (Phi) is 6.90. The van der Waals surface area contributed by atoms with Gasteiger partial charge in [0.15, 0.2) is 0 Å². The molecule has 3 rings (SSSR count). The van der Waals surface area contributed by atoms with Crippen molar-refractivity contribution in [2.45, 2.75) is 4.90 Å². The number of benzene rings is 2. The molecule has 3 aromatic rings. The van der Waals surface area contributed by atoms with Crippen molar-refractivity contribution < 1.29 is 27.5 Å². The Morgan fingerprint density at radius 3 is 2.22 bits per heavy atom. The summed E-state index contributed by atoms with van der Waals surface area (Å²) in [5, 5.41) is 0. The van der Waals surface area contributed by atoms with Crippen molar-refractivity contribution in [1.82, 2.24) is 15.8 Å². The molecule has 0 radical (unpaired) electrons. The lowest BCUT2D eigenvalue weighted by Gasteiger charge is -2.12. The second kappa shape index (κ2) is 9.79. The second-order valence-electron chi connectivity index (χ2n) is 6.33. The van der Waals surface area contributed by atoms with Crippen LogP contribution in [0.4, 0.5) is 5.69 Å². The van der Waals surface area contributed by atoms with E-state index in [4.69, 9.17) is 9.47 Å². The maximum absolute atomic E-state index is 12.8. The Hall–Kier alpha value is -4.12. The van der Waals surface area contributed by atoms with Gasteiger partial charge < -0.3 is 9.47 Å². The molecule has 0 spiro atoms. The van der Waals surface area contributed by atoms with Crippen LogP contribution < -0.4 is 25.0 Å². The summed E-state index contributed by atoms with van der Waals surface area (Å²) in [5.74, 6) is -0.615. The van der Waals surface area contributed by atoms with Crippen LogP contribution >= 0.6 is 0 Å². The summed E-state index contributed by atoms with van der Waals surface area (Å²) in [7, 11) is -1.13. The van der Waals surface area contributed by atoms with E-state index < -0.39 is 21.8 Å². The first-order valence-electron chi connectivity index (χ1n) is 9.20. The predicted octanol–water partition coefficient (Wildman–Crippen LogP) is 1.97. The van der Waals surface area contributed by atoms with E-state index in [1.54, 1.807) is 24.3 Å². The van der Waals surface area contributed by atoms with Crippen molar-refractivity contribution in [1.29, 1.82) is 0 Å². The minimum atomic E-state index is -4.00. The van der Waals surface area contributed by atoms with Crippen LogP contribution in [0.25, 0.3) is 0 Å². The number of carbonyl (C=O) groups is 2. The number of nitrogens with zero attached hydrogens (tertiary/aromatic N) is 1. The molecule has 2 aromatic carbocycles. The van der Waals surface area contributed by atoms with Gasteiger partial charge in [-0.2, -0.15) is 0 Å². The first kappa shape index (κ1) is 22.6. The van der Waals surface area contributed by atoms with E-state index in [0.717, 1.165) is 0 Å². The highest BCUT2D eigenvalue weighted by atomic mass is 32.2. The number of nitrogens with one attached hydrogen (secondary N) is 3.